The van der Waals surface area contributed by atoms with E-state index in [1.165, 1.54) is 111 Å². The third kappa shape index (κ3) is 20.3. The zero-order valence-electron chi connectivity index (χ0n) is 67.3. The quantitative estimate of drug-likeness (QED) is 0.0285. The number of rotatable bonds is 23. The number of anilines is 12. The van der Waals surface area contributed by atoms with Crippen molar-refractivity contribution < 1.29 is 33.7 Å². The van der Waals surface area contributed by atoms with Crippen LogP contribution >= 0.6 is 45.3 Å². The number of likely N-dealkylation sites (tertiary alicyclic amines) is 1. The van der Waals surface area contributed by atoms with Crippen LogP contribution in [0.5, 0.6) is 0 Å². The van der Waals surface area contributed by atoms with Gasteiger partial charge in [-0.3, -0.25) is 0 Å². The molecule has 0 bridgehead atoms. The van der Waals surface area contributed by atoms with E-state index >= 15 is 0 Å². The first kappa shape index (κ1) is 86.3. The van der Waals surface area contributed by atoms with Crippen molar-refractivity contribution in [1.82, 2.24) is 112 Å². The van der Waals surface area contributed by atoms with Gasteiger partial charge in [0.1, 0.15) is 0 Å². The van der Waals surface area contributed by atoms with Gasteiger partial charge in [0.25, 0.3) is 0 Å². The maximum atomic E-state index is 13.1. The predicted molar refractivity (Wildman–Crippen MR) is 489 cm³/mol. The molecule has 8 aromatic carbocycles. The van der Waals surface area contributed by atoms with E-state index < -0.39 is 40.1 Å². The number of nitrogens with one attached hydrogen (secondary N) is 6. The van der Waals surface area contributed by atoms with Crippen LogP contribution in [0.1, 0.15) is 19.3 Å². The minimum atomic E-state index is -3.63. The van der Waals surface area contributed by atoms with E-state index in [2.05, 4.69) is 106 Å². The Morgan fingerprint density at radius 3 is 1.12 bits per heavy atom. The molecule has 11 heterocycles. The molecule has 39 nitrogen and oxygen atoms in total. The van der Waals surface area contributed by atoms with Gasteiger partial charge in [0.05, 0.1) is 60.4 Å². The van der Waals surface area contributed by atoms with Crippen molar-refractivity contribution in [2.24, 2.45) is 0 Å². The molecule has 648 valence electrons. The molecule has 14 N–H and O–H groups in total. The minimum absolute atomic E-state index is 0.0907. The first-order valence-electron chi connectivity index (χ1n) is 39.1. The standard InChI is InChI=1S/C22H26N8O2S2.2C20H22N8O2S2.C16H15N7O2S2/c23-20-27-21(28-30(20)22-26-18-9-2-3-10-19(18)33-22)25-16-7-6-8-17(15-16)34(31,32)24-11-14-29-12-4-1-5-13-29;1-26-9-11-27(12-10-26)32(29,30)15-6-4-5-14(13-15)22-19-24-18(21)28(25-19)20-23-16-7-2-3-8-17(16)31-20;1-26-9-11-27(12-10-26)32(29,30)15-6-4-5-14(13-15)22-19-24-18(21)25-28(19)20-23-16-7-2-3-8-17(16)31-20;1-18-27(24,25)11-8-6-10(7-9-11)19-15-21-14(17)23(22-15)16-20-12-4-2-3-5-13(12)26-16/h2-3,6-10,15,24H,1,4-5,11-14H2,(H3,23,25,27,28);2*2-8,13H,9-12H2,1H3,(H3,21,22,24,25);2-9,18H,1H3,(H3,17,19,21,22). The minimum Gasteiger partial charge on any atom is -0.368 e. The summed E-state index contributed by atoms with van der Waals surface area (Å²) in [6.07, 6.45) is 3.60. The van der Waals surface area contributed by atoms with Gasteiger partial charge in [0.15, 0.2) is 0 Å². The van der Waals surface area contributed by atoms with Crippen LogP contribution in [0.4, 0.5) is 70.3 Å². The van der Waals surface area contributed by atoms with Crippen LogP contribution in [0.25, 0.3) is 61.4 Å². The number of sulfonamides is 4. The van der Waals surface area contributed by atoms with E-state index in [0.717, 1.165) is 54.0 Å². The second kappa shape index (κ2) is 37.3. The third-order valence-electron chi connectivity index (χ3n) is 20.0. The Balaban J connectivity index is 0.000000123. The third-order valence-corrected chi connectivity index (χ3v) is 30.7. The molecule has 125 heavy (non-hydrogen) atoms. The molecule has 0 spiro atoms. The van der Waals surface area contributed by atoms with Gasteiger partial charge in [-0.25, -0.2) is 63.1 Å². The number of piperazine rings is 2. The van der Waals surface area contributed by atoms with Crippen LogP contribution in [0.2, 0.25) is 0 Å². The van der Waals surface area contributed by atoms with Crippen molar-refractivity contribution >= 4 is 197 Å². The van der Waals surface area contributed by atoms with Gasteiger partial charge in [-0.2, -0.15) is 47.3 Å². The molecule has 0 saturated carbocycles. The van der Waals surface area contributed by atoms with Crippen LogP contribution in [0.15, 0.2) is 214 Å². The van der Waals surface area contributed by atoms with Crippen molar-refractivity contribution in [2.75, 3.05) is 144 Å². The summed E-state index contributed by atoms with van der Waals surface area (Å²) in [5, 5.41) is 32.1. The zero-order valence-corrected chi connectivity index (χ0v) is 73.8. The number of likely N-dealkylation sites (N-methyl/N-ethyl adjacent to an activating group) is 2. The van der Waals surface area contributed by atoms with Crippen LogP contribution < -0.4 is 53.6 Å². The lowest BCUT2D eigenvalue weighted by Gasteiger charge is -2.31. The van der Waals surface area contributed by atoms with E-state index in [-0.39, 0.29) is 61.2 Å². The highest BCUT2D eigenvalue weighted by Crippen LogP contribution is 2.34. The number of benzene rings is 8. The van der Waals surface area contributed by atoms with Crippen LogP contribution in [0, 0.1) is 0 Å². The second-order valence-electron chi connectivity index (χ2n) is 28.7. The molecular formula is C78H85N31O8S8. The Morgan fingerprint density at radius 2 is 0.720 bits per heavy atom. The van der Waals surface area contributed by atoms with Gasteiger partial charge < -0.3 is 58.9 Å². The number of aromatic nitrogens is 16. The van der Waals surface area contributed by atoms with E-state index in [1.54, 1.807) is 84.9 Å². The summed E-state index contributed by atoms with van der Waals surface area (Å²) in [6.45, 7) is 7.88. The van der Waals surface area contributed by atoms with E-state index in [9.17, 15) is 33.7 Å². The molecule has 0 amide bonds. The molecule has 3 aliphatic heterocycles. The molecule has 0 unspecified atom stereocenters. The number of piperidine rings is 1. The number of hydrogen-bond donors (Lipinski definition) is 10. The SMILES string of the molecule is CN1CCN(S(=O)(=O)c2cccc(Nc3nc(N)n(-c4nc5ccccc5s4)n3)c2)CC1.CN1CCN(S(=O)(=O)c2cccc(Nc3nc(N)nn3-c3nc4ccccc4s3)c2)CC1.CNS(=O)(=O)c1ccc(Nc2nc(N)n(-c3nc4ccccc4s3)n2)cc1.Nc1nc(Nc2cccc(S(=O)(=O)NCCN3CCCCC3)c2)nn1-c1nc2ccccc2s1. The molecular weight excluding hydrogens is 1760 g/mol. The van der Waals surface area contributed by atoms with E-state index in [4.69, 9.17) is 22.9 Å². The number of para-hydroxylation sites is 4. The summed E-state index contributed by atoms with van der Waals surface area (Å²) in [4.78, 5) is 42.5. The molecule has 16 aromatic rings. The van der Waals surface area contributed by atoms with Gasteiger partial charge in [-0.05, 0) is 174 Å². The number of hydrogen-bond acceptors (Lipinski definition) is 35. The number of nitrogen functional groups attached to an aromatic ring is 4. The maximum absolute atomic E-state index is 13.1. The Labute approximate surface area is 734 Å². The fraction of sp³-hybridized carbons (Fsp3) is 0.231. The van der Waals surface area contributed by atoms with Crippen LogP contribution in [-0.2, 0) is 40.1 Å². The second-order valence-corrected chi connectivity index (χ2v) is 40.3. The van der Waals surface area contributed by atoms with Gasteiger partial charge >= 0.3 is 0 Å². The number of thiazole rings is 4. The van der Waals surface area contributed by atoms with Crippen molar-refractivity contribution in [3.63, 3.8) is 0 Å². The van der Waals surface area contributed by atoms with Crippen molar-refractivity contribution in [2.45, 2.75) is 38.8 Å². The Morgan fingerprint density at radius 1 is 0.352 bits per heavy atom. The molecule has 0 radical (unpaired) electrons. The number of nitrogens with zero attached hydrogens (tertiary/aromatic N) is 21. The normalized spacial score (nSPS) is 14.8. The summed E-state index contributed by atoms with van der Waals surface area (Å²) in [5.74, 6) is 1.82. The lowest BCUT2D eigenvalue weighted by molar-refractivity contribution is 0.222. The average Bonchev–Trinajstić information content (AvgIpc) is 1.78. The number of nitrogens with two attached hydrogens (primary N) is 4. The molecule has 19 rings (SSSR count). The molecule has 8 aromatic heterocycles. The molecule has 3 aliphatic rings. The van der Waals surface area contributed by atoms with Gasteiger partial charge in [-0.15, -0.1) is 20.4 Å². The highest BCUT2D eigenvalue weighted by Gasteiger charge is 2.31. The molecule has 47 heteroatoms. The summed E-state index contributed by atoms with van der Waals surface area (Å²) < 4.78 is 119. The molecule has 0 atom stereocenters. The van der Waals surface area contributed by atoms with Crippen molar-refractivity contribution in [3.05, 3.63) is 194 Å². The molecule has 3 fully saturated rings. The smallest absolute Gasteiger partial charge is 0.248 e. The highest BCUT2D eigenvalue weighted by molar-refractivity contribution is 7.90. The monoisotopic (exact) mass is 1840 g/mol. The highest BCUT2D eigenvalue weighted by atomic mass is 32.2. The Kier molecular flexibility index (Phi) is 25.8. The first-order chi connectivity index (χ1) is 60.2. The molecule has 3 saturated heterocycles. The number of fused-ring (bicyclic) bond motifs is 4. The van der Waals surface area contributed by atoms with Crippen LogP contribution in [0.3, 0.4) is 0 Å². The van der Waals surface area contributed by atoms with Crippen molar-refractivity contribution in [3.8, 4) is 20.5 Å². The summed E-state index contributed by atoms with van der Waals surface area (Å²) >= 11 is 5.84. The zero-order chi connectivity index (χ0) is 87.2. The fourth-order valence-corrected chi connectivity index (χ4v) is 21.9. The average molecular weight is 1840 g/mol. The molecule has 0 aliphatic carbocycles. The van der Waals surface area contributed by atoms with Crippen molar-refractivity contribution in [1.29, 1.82) is 0 Å². The summed E-state index contributed by atoms with van der Waals surface area (Å²) in [5.41, 5.74) is 29.7. The topological polar surface area (TPSA) is 503 Å². The van der Waals surface area contributed by atoms with Gasteiger partial charge in [0.2, 0.25) is 108 Å². The van der Waals surface area contributed by atoms with Crippen LogP contribution in [-0.4, -0.2) is 236 Å². The Bertz CT molecular complexity index is 6880. The largest absolute Gasteiger partial charge is 0.368 e. The van der Waals surface area contributed by atoms with Gasteiger partial charge in [0, 0.05) is 88.2 Å². The maximum Gasteiger partial charge on any atom is 0.248 e. The van der Waals surface area contributed by atoms with E-state index in [1.807, 2.05) is 111 Å². The lowest BCUT2D eigenvalue weighted by Crippen LogP contribution is -2.47. The first-order valence-corrected chi connectivity index (χ1v) is 48.2. The summed E-state index contributed by atoms with van der Waals surface area (Å²) in [6, 6.07) is 57.2. The predicted octanol–water partition coefficient (Wildman–Crippen LogP) is 9.36. The van der Waals surface area contributed by atoms with E-state index in [0.29, 0.717) is 115 Å². The Hall–Kier alpha value is -12.2. The van der Waals surface area contributed by atoms with Gasteiger partial charge in [-0.1, -0.05) is 118 Å². The summed E-state index contributed by atoms with van der Waals surface area (Å²) in [7, 11) is -8.93. The lowest BCUT2D eigenvalue weighted by atomic mass is 10.1. The fourth-order valence-electron chi connectivity index (χ4n) is 13.4.